The lowest BCUT2D eigenvalue weighted by atomic mass is 9.90. The first-order valence-electron chi connectivity index (χ1n) is 10.2. The smallest absolute Gasteiger partial charge is 0.252 e. The number of aliphatic hydroxyl groups is 1. The Morgan fingerprint density at radius 1 is 1.34 bits per heavy atom. The molecule has 1 aliphatic rings. The van der Waals surface area contributed by atoms with Crippen LogP contribution in [0.3, 0.4) is 0 Å². The van der Waals surface area contributed by atoms with Crippen LogP contribution in [0.15, 0.2) is 71.3 Å². The van der Waals surface area contributed by atoms with Gasteiger partial charge in [0, 0.05) is 42.2 Å². The summed E-state index contributed by atoms with van der Waals surface area (Å²) in [6.45, 7) is 4.47. The molecule has 0 radical (unpaired) electrons. The maximum absolute atomic E-state index is 13.1. The molecule has 0 bridgehead atoms. The first-order valence-corrected chi connectivity index (χ1v) is 10.2. The molecule has 2 aromatic carbocycles. The van der Waals surface area contributed by atoms with Gasteiger partial charge in [-0.25, -0.2) is 4.99 Å². The highest BCUT2D eigenvalue weighted by Gasteiger charge is 2.44. The third kappa shape index (κ3) is 5.46. The van der Waals surface area contributed by atoms with Crippen molar-refractivity contribution in [3.05, 3.63) is 82.8 Å². The number of carbonyl (C=O) groups excluding carboxylic acids is 1. The number of azide groups is 1. The largest absolute Gasteiger partial charge is 0.494 e. The SMILES string of the molecule is C=CCNC(=O)[C@@]1(Cc2ccccc2N=[N+]=[N-])COC(c2ccc(OCCCO)cc2)=N1. The van der Waals surface area contributed by atoms with Gasteiger partial charge in [0.15, 0.2) is 5.54 Å². The molecule has 0 unspecified atom stereocenters. The van der Waals surface area contributed by atoms with Crippen molar-refractivity contribution in [2.24, 2.45) is 10.1 Å². The predicted molar refractivity (Wildman–Crippen MR) is 121 cm³/mol. The summed E-state index contributed by atoms with van der Waals surface area (Å²) >= 11 is 0. The predicted octanol–water partition coefficient (Wildman–Crippen LogP) is 3.45. The number of rotatable bonds is 11. The highest BCUT2D eigenvalue weighted by atomic mass is 16.5. The fourth-order valence-electron chi connectivity index (χ4n) is 3.28. The minimum atomic E-state index is -1.21. The van der Waals surface area contributed by atoms with Crippen molar-refractivity contribution in [3.8, 4) is 5.75 Å². The van der Waals surface area contributed by atoms with Crippen LogP contribution in [-0.2, 0) is 16.0 Å². The number of carbonyl (C=O) groups is 1. The first kappa shape index (κ1) is 22.9. The molecule has 3 rings (SSSR count). The molecule has 9 nitrogen and oxygen atoms in total. The van der Waals surface area contributed by atoms with Crippen LogP contribution in [0, 0.1) is 0 Å². The van der Waals surface area contributed by atoms with Crippen LogP contribution in [0.2, 0.25) is 0 Å². The van der Waals surface area contributed by atoms with Crippen molar-refractivity contribution in [1.29, 1.82) is 0 Å². The van der Waals surface area contributed by atoms with Gasteiger partial charge < -0.3 is 19.9 Å². The van der Waals surface area contributed by atoms with Gasteiger partial charge in [0.05, 0.1) is 6.61 Å². The first-order chi connectivity index (χ1) is 15.6. The molecule has 0 aliphatic carbocycles. The van der Waals surface area contributed by atoms with Crippen LogP contribution in [0.1, 0.15) is 17.5 Å². The summed E-state index contributed by atoms with van der Waals surface area (Å²) < 4.78 is 11.4. The van der Waals surface area contributed by atoms with E-state index < -0.39 is 5.54 Å². The number of hydrogen-bond acceptors (Lipinski definition) is 6. The van der Waals surface area contributed by atoms with Gasteiger partial charge in [-0.1, -0.05) is 35.5 Å². The van der Waals surface area contributed by atoms with Gasteiger partial charge >= 0.3 is 0 Å². The van der Waals surface area contributed by atoms with Crippen molar-refractivity contribution in [2.75, 3.05) is 26.4 Å². The molecule has 1 amide bonds. The fraction of sp³-hybridized carbons (Fsp3) is 0.304. The van der Waals surface area contributed by atoms with Gasteiger partial charge in [-0.3, -0.25) is 4.79 Å². The lowest BCUT2D eigenvalue weighted by Crippen LogP contribution is -2.48. The number of nitrogens with one attached hydrogen (secondary N) is 1. The third-order valence-corrected chi connectivity index (χ3v) is 4.89. The van der Waals surface area contributed by atoms with E-state index in [0.29, 0.717) is 48.0 Å². The summed E-state index contributed by atoms with van der Waals surface area (Å²) in [5, 5.41) is 15.4. The normalized spacial score (nSPS) is 17.0. The van der Waals surface area contributed by atoms with Crippen LogP contribution >= 0.6 is 0 Å². The average Bonchev–Trinajstić information content (AvgIpc) is 3.25. The van der Waals surface area contributed by atoms with Crippen molar-refractivity contribution in [1.82, 2.24) is 5.32 Å². The molecule has 0 aromatic heterocycles. The van der Waals surface area contributed by atoms with Gasteiger partial charge in [-0.2, -0.15) is 0 Å². The Bertz CT molecular complexity index is 1030. The Balaban J connectivity index is 1.89. The molecule has 9 heteroatoms. The highest BCUT2D eigenvalue weighted by Crippen LogP contribution is 2.31. The Morgan fingerprint density at radius 2 is 2.12 bits per heavy atom. The van der Waals surface area contributed by atoms with Crippen molar-refractivity contribution in [2.45, 2.75) is 18.4 Å². The molecule has 2 N–H and O–H groups in total. The van der Waals surface area contributed by atoms with Crippen LogP contribution in [0.4, 0.5) is 5.69 Å². The molecule has 0 saturated carbocycles. The third-order valence-electron chi connectivity index (χ3n) is 4.89. The molecule has 0 fully saturated rings. The van der Waals surface area contributed by atoms with E-state index in [-0.39, 0.29) is 25.5 Å². The van der Waals surface area contributed by atoms with E-state index in [4.69, 9.17) is 20.1 Å². The maximum atomic E-state index is 13.1. The lowest BCUT2D eigenvalue weighted by Gasteiger charge is -2.23. The number of hydrogen-bond donors (Lipinski definition) is 2. The minimum Gasteiger partial charge on any atom is -0.494 e. The second kappa shape index (κ2) is 11.0. The Labute approximate surface area is 186 Å². The van der Waals surface area contributed by atoms with Crippen LogP contribution in [0.5, 0.6) is 5.75 Å². The number of amides is 1. The number of nitrogens with zero attached hydrogens (tertiary/aromatic N) is 4. The van der Waals surface area contributed by atoms with Crippen LogP contribution in [0.25, 0.3) is 10.4 Å². The zero-order valence-electron chi connectivity index (χ0n) is 17.6. The quantitative estimate of drug-likeness (QED) is 0.184. The lowest BCUT2D eigenvalue weighted by molar-refractivity contribution is -0.126. The monoisotopic (exact) mass is 435 g/mol. The topological polar surface area (TPSA) is 129 Å². The molecule has 1 heterocycles. The highest BCUT2D eigenvalue weighted by molar-refractivity contribution is 6.00. The molecular weight excluding hydrogens is 410 g/mol. The zero-order chi connectivity index (χ0) is 22.8. The minimum absolute atomic E-state index is 0.0463. The summed E-state index contributed by atoms with van der Waals surface area (Å²) in [5.41, 5.74) is 9.50. The van der Waals surface area contributed by atoms with E-state index in [0.717, 1.165) is 0 Å². The summed E-state index contributed by atoms with van der Waals surface area (Å²) in [6, 6.07) is 14.3. The standard InChI is InChI=1S/C23H25N5O4/c1-2-12-25-22(30)23(15-18-6-3-4-7-20(18)27-28-24)16-32-21(26-23)17-8-10-19(11-9-17)31-14-5-13-29/h2-4,6-11,29H,1,5,12-16H2,(H,25,30)/t23-/m1/s1. The van der Waals surface area contributed by atoms with E-state index in [2.05, 4.69) is 26.9 Å². The van der Waals surface area contributed by atoms with Gasteiger partial charge in [0.25, 0.3) is 5.91 Å². The van der Waals surface area contributed by atoms with Crippen LogP contribution < -0.4 is 10.1 Å². The number of aliphatic hydroxyl groups excluding tert-OH is 1. The van der Waals surface area contributed by atoms with E-state index in [1.54, 1.807) is 48.5 Å². The Morgan fingerprint density at radius 3 is 2.84 bits per heavy atom. The summed E-state index contributed by atoms with van der Waals surface area (Å²) in [4.78, 5) is 20.6. The summed E-state index contributed by atoms with van der Waals surface area (Å²) in [5.74, 6) is 0.716. The molecular formula is C23H25N5O4. The van der Waals surface area contributed by atoms with E-state index >= 15 is 0 Å². The maximum Gasteiger partial charge on any atom is 0.252 e. The average molecular weight is 435 g/mol. The number of aliphatic imine (C=N–C) groups is 1. The van der Waals surface area contributed by atoms with Crippen molar-refractivity contribution in [3.63, 3.8) is 0 Å². The van der Waals surface area contributed by atoms with Gasteiger partial charge in [-0.15, -0.1) is 6.58 Å². The zero-order valence-corrected chi connectivity index (χ0v) is 17.6. The van der Waals surface area contributed by atoms with Crippen LogP contribution in [-0.4, -0.2) is 48.8 Å². The van der Waals surface area contributed by atoms with Gasteiger partial charge in [-0.05, 0) is 35.4 Å². The Hall–Kier alpha value is -3.81. The summed E-state index contributed by atoms with van der Waals surface area (Å²) in [7, 11) is 0. The van der Waals surface area contributed by atoms with E-state index in [9.17, 15) is 4.79 Å². The second-order valence-electron chi connectivity index (χ2n) is 7.18. The molecule has 166 valence electrons. The molecule has 0 spiro atoms. The van der Waals surface area contributed by atoms with Gasteiger partial charge in [0.2, 0.25) is 5.90 Å². The molecule has 2 aromatic rings. The fourth-order valence-corrected chi connectivity index (χ4v) is 3.28. The molecule has 0 saturated heterocycles. The molecule has 1 atom stereocenters. The van der Waals surface area contributed by atoms with Crippen molar-refractivity contribution < 1.29 is 19.4 Å². The summed E-state index contributed by atoms with van der Waals surface area (Å²) in [6.07, 6.45) is 2.35. The van der Waals surface area contributed by atoms with Crippen molar-refractivity contribution >= 4 is 17.5 Å². The number of ether oxygens (including phenoxy) is 2. The van der Waals surface area contributed by atoms with E-state index in [1.807, 2.05) is 6.07 Å². The van der Waals surface area contributed by atoms with E-state index in [1.165, 1.54) is 0 Å². The van der Waals surface area contributed by atoms with Gasteiger partial charge in [0.1, 0.15) is 12.4 Å². The second-order valence-corrected chi connectivity index (χ2v) is 7.18. The number of benzene rings is 2. The molecule has 1 aliphatic heterocycles. The molecule has 32 heavy (non-hydrogen) atoms. The Kier molecular flexibility index (Phi) is 7.85.